The lowest BCUT2D eigenvalue weighted by Crippen LogP contribution is -2.23. The van der Waals surface area contributed by atoms with Crippen LogP contribution in [0, 0.1) is 6.92 Å². The molecule has 0 radical (unpaired) electrons. The van der Waals surface area contributed by atoms with Gasteiger partial charge in [0.25, 0.3) is 5.91 Å². The van der Waals surface area contributed by atoms with Gasteiger partial charge in [-0.05, 0) is 55.7 Å². The summed E-state index contributed by atoms with van der Waals surface area (Å²) >= 11 is 0. The number of hydrogen-bond acceptors (Lipinski definition) is 5. The van der Waals surface area contributed by atoms with E-state index < -0.39 is 17.8 Å². The van der Waals surface area contributed by atoms with E-state index in [9.17, 15) is 14.4 Å². The normalized spacial score (nSPS) is 14.0. The number of anilines is 2. The highest BCUT2D eigenvalue weighted by atomic mass is 16.5. The topological polar surface area (TPSA) is 125 Å². The number of carboxylic acids is 2. The Morgan fingerprint density at radius 2 is 1.61 bits per heavy atom. The first-order valence-electron chi connectivity index (χ1n) is 10.2. The minimum absolute atomic E-state index is 0.00369. The van der Waals surface area contributed by atoms with E-state index in [0.717, 1.165) is 30.2 Å². The van der Waals surface area contributed by atoms with Crippen molar-refractivity contribution in [1.29, 1.82) is 0 Å². The number of rotatable bonds is 8. The van der Waals surface area contributed by atoms with Gasteiger partial charge >= 0.3 is 11.9 Å². The molecular formula is C23H26N2O6. The Kier molecular flexibility index (Phi) is 7.12. The monoisotopic (exact) mass is 426 g/mol. The van der Waals surface area contributed by atoms with Gasteiger partial charge in [-0.25, -0.2) is 9.59 Å². The molecule has 0 bridgehead atoms. The summed E-state index contributed by atoms with van der Waals surface area (Å²) in [4.78, 5) is 34.7. The largest absolute Gasteiger partial charge is 0.484 e. The van der Waals surface area contributed by atoms with Crippen LogP contribution in [0.5, 0.6) is 5.75 Å². The zero-order valence-corrected chi connectivity index (χ0v) is 17.3. The molecule has 0 saturated heterocycles. The molecule has 1 aliphatic carbocycles. The first-order valence-corrected chi connectivity index (χ1v) is 10.2. The van der Waals surface area contributed by atoms with Gasteiger partial charge in [-0.15, -0.1) is 0 Å². The second-order valence-electron chi connectivity index (χ2n) is 7.70. The highest BCUT2D eigenvalue weighted by Crippen LogP contribution is 2.26. The lowest BCUT2D eigenvalue weighted by atomic mass is 9.95. The maximum Gasteiger partial charge on any atom is 0.335 e. The Balaban J connectivity index is 1.62. The van der Waals surface area contributed by atoms with E-state index in [2.05, 4.69) is 10.6 Å². The maximum atomic E-state index is 12.3. The first kappa shape index (κ1) is 22.1. The van der Waals surface area contributed by atoms with Crippen LogP contribution in [-0.2, 0) is 4.79 Å². The predicted octanol–water partition coefficient (Wildman–Crippen LogP) is 4.15. The molecule has 0 spiro atoms. The molecule has 0 aliphatic heterocycles. The fraction of sp³-hybridized carbons (Fsp3) is 0.348. The van der Waals surface area contributed by atoms with Crippen LogP contribution >= 0.6 is 0 Å². The quantitative estimate of drug-likeness (QED) is 0.500. The molecule has 8 heteroatoms. The van der Waals surface area contributed by atoms with E-state index in [4.69, 9.17) is 14.9 Å². The van der Waals surface area contributed by atoms with Gasteiger partial charge in [-0.2, -0.15) is 0 Å². The molecule has 164 valence electrons. The highest BCUT2D eigenvalue weighted by Gasteiger charge is 2.15. The molecule has 2 aromatic carbocycles. The average molecular weight is 426 g/mol. The number of aryl methyl sites for hydroxylation is 1. The van der Waals surface area contributed by atoms with Gasteiger partial charge < -0.3 is 25.6 Å². The van der Waals surface area contributed by atoms with Crippen molar-refractivity contribution in [2.75, 3.05) is 17.2 Å². The van der Waals surface area contributed by atoms with Crippen molar-refractivity contribution in [3.8, 4) is 5.75 Å². The second-order valence-corrected chi connectivity index (χ2v) is 7.70. The number of benzene rings is 2. The fourth-order valence-electron chi connectivity index (χ4n) is 3.60. The molecule has 1 amide bonds. The molecule has 1 fully saturated rings. The predicted molar refractivity (Wildman–Crippen MR) is 116 cm³/mol. The van der Waals surface area contributed by atoms with E-state index in [1.165, 1.54) is 31.4 Å². The Labute approximate surface area is 180 Å². The molecule has 0 aromatic heterocycles. The summed E-state index contributed by atoms with van der Waals surface area (Å²) in [7, 11) is 0. The molecule has 3 rings (SSSR count). The molecule has 1 aliphatic rings. The number of aromatic carboxylic acids is 2. The van der Waals surface area contributed by atoms with Crippen molar-refractivity contribution in [1.82, 2.24) is 0 Å². The molecule has 31 heavy (non-hydrogen) atoms. The summed E-state index contributed by atoms with van der Waals surface area (Å²) < 4.78 is 5.34. The number of hydrogen-bond donors (Lipinski definition) is 4. The summed E-state index contributed by atoms with van der Waals surface area (Å²) in [6, 6.07) is 9.44. The van der Waals surface area contributed by atoms with Crippen molar-refractivity contribution in [2.45, 2.75) is 45.1 Å². The number of carboxylic acid groups (broad SMARTS) is 2. The van der Waals surface area contributed by atoms with Gasteiger partial charge in [0.2, 0.25) is 0 Å². The number of carbonyl (C=O) groups excluding carboxylic acids is 1. The lowest BCUT2D eigenvalue weighted by molar-refractivity contribution is -0.118. The van der Waals surface area contributed by atoms with Gasteiger partial charge in [0.15, 0.2) is 6.61 Å². The SMILES string of the molecule is Cc1ccc(NC(=O)COc2cc(C(=O)O)cc(C(=O)O)c2)cc1NC1CCCCC1. The highest BCUT2D eigenvalue weighted by molar-refractivity contribution is 5.95. The maximum absolute atomic E-state index is 12.3. The molecular weight excluding hydrogens is 400 g/mol. The lowest BCUT2D eigenvalue weighted by Gasteiger charge is -2.25. The third kappa shape index (κ3) is 6.21. The summed E-state index contributed by atoms with van der Waals surface area (Å²) in [6.45, 7) is 1.62. The Morgan fingerprint density at radius 3 is 2.23 bits per heavy atom. The molecule has 1 saturated carbocycles. The first-order chi connectivity index (χ1) is 14.8. The van der Waals surface area contributed by atoms with Crippen LogP contribution in [0.1, 0.15) is 58.4 Å². The van der Waals surface area contributed by atoms with Crippen LogP contribution in [0.4, 0.5) is 11.4 Å². The molecule has 8 nitrogen and oxygen atoms in total. The molecule has 0 unspecified atom stereocenters. The van der Waals surface area contributed by atoms with Crippen molar-refractivity contribution >= 4 is 29.2 Å². The van der Waals surface area contributed by atoms with E-state index in [1.807, 2.05) is 19.1 Å². The zero-order valence-electron chi connectivity index (χ0n) is 17.3. The number of amides is 1. The van der Waals surface area contributed by atoms with Crippen LogP contribution in [0.15, 0.2) is 36.4 Å². The fourth-order valence-corrected chi connectivity index (χ4v) is 3.60. The van der Waals surface area contributed by atoms with E-state index >= 15 is 0 Å². The zero-order chi connectivity index (χ0) is 22.4. The van der Waals surface area contributed by atoms with Gasteiger partial charge in [-0.3, -0.25) is 4.79 Å². The van der Waals surface area contributed by atoms with Crippen LogP contribution in [0.25, 0.3) is 0 Å². The third-order valence-corrected chi connectivity index (χ3v) is 5.26. The van der Waals surface area contributed by atoms with Crippen LogP contribution in [0.3, 0.4) is 0 Å². The van der Waals surface area contributed by atoms with Gasteiger partial charge in [-0.1, -0.05) is 25.3 Å². The Hall–Kier alpha value is -3.55. The van der Waals surface area contributed by atoms with Gasteiger partial charge in [0, 0.05) is 17.4 Å². The van der Waals surface area contributed by atoms with Crippen molar-refractivity contribution in [3.63, 3.8) is 0 Å². The van der Waals surface area contributed by atoms with Gasteiger partial charge in [0.05, 0.1) is 11.1 Å². The summed E-state index contributed by atoms with van der Waals surface area (Å²) in [5.74, 6) is -3.01. The number of carbonyl (C=O) groups is 3. The van der Waals surface area contributed by atoms with Crippen LogP contribution in [-0.4, -0.2) is 40.7 Å². The number of ether oxygens (including phenoxy) is 1. The second kappa shape index (κ2) is 9.97. The van der Waals surface area contributed by atoms with Crippen molar-refractivity contribution in [3.05, 3.63) is 53.1 Å². The van der Waals surface area contributed by atoms with Crippen molar-refractivity contribution in [2.24, 2.45) is 0 Å². The summed E-state index contributed by atoms with van der Waals surface area (Å²) in [6.07, 6.45) is 5.99. The average Bonchev–Trinajstić information content (AvgIpc) is 2.75. The van der Waals surface area contributed by atoms with Gasteiger partial charge in [0.1, 0.15) is 5.75 Å². The molecule has 2 aromatic rings. The molecule has 0 heterocycles. The van der Waals surface area contributed by atoms with E-state index in [-0.39, 0.29) is 23.5 Å². The third-order valence-electron chi connectivity index (χ3n) is 5.26. The summed E-state index contributed by atoms with van der Waals surface area (Å²) in [5, 5.41) is 24.6. The van der Waals surface area contributed by atoms with Crippen LogP contribution < -0.4 is 15.4 Å². The van der Waals surface area contributed by atoms with Crippen LogP contribution in [0.2, 0.25) is 0 Å². The minimum Gasteiger partial charge on any atom is -0.484 e. The number of nitrogens with one attached hydrogen (secondary N) is 2. The Morgan fingerprint density at radius 1 is 0.968 bits per heavy atom. The van der Waals surface area contributed by atoms with E-state index in [1.54, 1.807) is 6.07 Å². The summed E-state index contributed by atoms with van der Waals surface area (Å²) in [5.41, 5.74) is 2.22. The standard InChI is InChI=1S/C23H26N2O6/c1-14-7-8-18(12-20(14)24-17-5-3-2-4-6-17)25-21(26)13-31-19-10-15(22(27)28)9-16(11-19)23(29)30/h7-12,17,24H,2-6,13H2,1H3,(H,25,26)(H,27,28)(H,29,30). The minimum atomic E-state index is -1.28. The van der Waals surface area contributed by atoms with Crippen molar-refractivity contribution < 1.29 is 29.3 Å². The van der Waals surface area contributed by atoms with E-state index in [0.29, 0.717) is 11.7 Å². The smallest absolute Gasteiger partial charge is 0.335 e. The molecule has 0 atom stereocenters. The Bertz CT molecular complexity index is 950. The molecule has 4 N–H and O–H groups in total.